The summed E-state index contributed by atoms with van der Waals surface area (Å²) in [4.78, 5) is 2.50. The average Bonchev–Trinajstić information content (AvgIpc) is 2.69. The van der Waals surface area contributed by atoms with E-state index in [0.717, 1.165) is 19.5 Å². The van der Waals surface area contributed by atoms with Gasteiger partial charge in [0, 0.05) is 24.7 Å². The molecule has 1 unspecified atom stereocenters. The Bertz CT molecular complexity index is 381. The first-order valence-corrected chi connectivity index (χ1v) is 6.97. The molecule has 18 heavy (non-hydrogen) atoms. The first kappa shape index (κ1) is 13.6. The summed E-state index contributed by atoms with van der Waals surface area (Å²) in [5.41, 5.74) is 3.09. The van der Waals surface area contributed by atoms with Crippen LogP contribution in [0.1, 0.15) is 31.4 Å². The van der Waals surface area contributed by atoms with Gasteiger partial charge in [-0.05, 0) is 46.2 Å². The highest BCUT2D eigenvalue weighted by Crippen LogP contribution is 2.21. The Hall–Kier alpha value is -0.860. The predicted molar refractivity (Wildman–Crippen MR) is 78.0 cm³/mol. The van der Waals surface area contributed by atoms with Gasteiger partial charge in [0.1, 0.15) is 0 Å². The first-order chi connectivity index (χ1) is 8.46. The number of likely N-dealkylation sites (N-methyl/N-ethyl adjacent to an activating group) is 1. The Morgan fingerprint density at radius 3 is 2.50 bits per heavy atom. The number of rotatable bonds is 4. The third-order valence-electron chi connectivity index (χ3n) is 4.06. The Morgan fingerprint density at radius 1 is 1.28 bits per heavy atom. The molecule has 1 aromatic rings. The number of nitrogens with one attached hydrogen (secondary N) is 1. The van der Waals surface area contributed by atoms with E-state index in [0.29, 0.717) is 11.6 Å². The summed E-state index contributed by atoms with van der Waals surface area (Å²) in [6, 6.07) is 9.59. The van der Waals surface area contributed by atoms with Crippen molar-refractivity contribution in [2.45, 2.75) is 45.2 Å². The lowest BCUT2D eigenvalue weighted by molar-refractivity contribution is 0.251. The van der Waals surface area contributed by atoms with Crippen molar-refractivity contribution in [3.05, 3.63) is 35.4 Å². The molecule has 0 amide bonds. The summed E-state index contributed by atoms with van der Waals surface area (Å²) in [5, 5.41) is 3.59. The maximum Gasteiger partial charge on any atom is 0.0235 e. The normalized spacial score (nSPS) is 22.6. The Labute approximate surface area is 111 Å². The molecule has 1 aliphatic rings. The third kappa shape index (κ3) is 3.56. The number of benzene rings is 1. The second-order valence-electron chi connectivity index (χ2n) is 6.34. The number of aryl methyl sites for hydroxylation is 1. The molecule has 2 heteroatoms. The van der Waals surface area contributed by atoms with E-state index in [1.54, 1.807) is 0 Å². The number of hydrogen-bond donors (Lipinski definition) is 1. The van der Waals surface area contributed by atoms with Crippen LogP contribution in [-0.4, -0.2) is 36.6 Å². The second-order valence-corrected chi connectivity index (χ2v) is 6.34. The molecule has 0 bridgehead atoms. The van der Waals surface area contributed by atoms with E-state index >= 15 is 0 Å². The zero-order valence-corrected chi connectivity index (χ0v) is 12.2. The molecule has 1 heterocycles. The molecule has 1 aliphatic heterocycles. The lowest BCUT2D eigenvalue weighted by Gasteiger charge is -2.25. The molecule has 2 rings (SSSR count). The van der Waals surface area contributed by atoms with Gasteiger partial charge in [0.25, 0.3) is 0 Å². The van der Waals surface area contributed by atoms with Crippen LogP contribution in [0, 0.1) is 6.92 Å². The van der Waals surface area contributed by atoms with E-state index in [1.165, 1.54) is 17.5 Å². The smallest absolute Gasteiger partial charge is 0.0235 e. The Kier molecular flexibility index (Phi) is 4.08. The molecule has 0 saturated carbocycles. The van der Waals surface area contributed by atoms with Crippen LogP contribution in [0.5, 0.6) is 0 Å². The van der Waals surface area contributed by atoms with Gasteiger partial charge in [0.15, 0.2) is 0 Å². The van der Waals surface area contributed by atoms with Gasteiger partial charge in [-0.25, -0.2) is 0 Å². The summed E-state index contributed by atoms with van der Waals surface area (Å²) in [5.74, 6) is 0. The molecule has 0 spiro atoms. The lowest BCUT2D eigenvalue weighted by Crippen LogP contribution is -2.34. The van der Waals surface area contributed by atoms with Crippen molar-refractivity contribution < 1.29 is 0 Å². The third-order valence-corrected chi connectivity index (χ3v) is 4.06. The molecule has 1 aromatic carbocycles. The van der Waals surface area contributed by atoms with Crippen LogP contribution in [0.3, 0.4) is 0 Å². The fourth-order valence-corrected chi connectivity index (χ4v) is 2.68. The average molecular weight is 246 g/mol. The maximum atomic E-state index is 3.59. The minimum Gasteiger partial charge on any atom is -0.310 e. The minimum atomic E-state index is 0.308. The van der Waals surface area contributed by atoms with Crippen LogP contribution < -0.4 is 5.32 Å². The molecule has 1 N–H and O–H groups in total. The van der Waals surface area contributed by atoms with E-state index in [-0.39, 0.29) is 0 Å². The van der Waals surface area contributed by atoms with E-state index in [9.17, 15) is 0 Å². The summed E-state index contributed by atoms with van der Waals surface area (Å²) < 4.78 is 0. The van der Waals surface area contributed by atoms with E-state index in [1.807, 2.05) is 0 Å². The topological polar surface area (TPSA) is 15.3 Å². The van der Waals surface area contributed by atoms with E-state index in [4.69, 9.17) is 0 Å². The molecule has 1 atom stereocenters. The van der Waals surface area contributed by atoms with Crippen LogP contribution in [0.25, 0.3) is 0 Å². The number of nitrogens with zero attached hydrogens (tertiary/aromatic N) is 1. The van der Waals surface area contributed by atoms with Crippen molar-refractivity contribution in [3.8, 4) is 0 Å². The highest BCUT2D eigenvalue weighted by atomic mass is 15.2. The van der Waals surface area contributed by atoms with Crippen molar-refractivity contribution >= 4 is 0 Å². The molecule has 0 radical (unpaired) electrons. The van der Waals surface area contributed by atoms with Gasteiger partial charge in [-0.15, -0.1) is 0 Å². The standard InChI is InChI=1S/C16H26N2/c1-13-5-7-14(8-6-13)9-10-18(4)15-11-16(2,3)17-12-15/h5-8,15,17H,9-12H2,1-4H3. The molecular weight excluding hydrogens is 220 g/mol. The molecule has 1 fully saturated rings. The largest absolute Gasteiger partial charge is 0.310 e. The fourth-order valence-electron chi connectivity index (χ4n) is 2.68. The fraction of sp³-hybridized carbons (Fsp3) is 0.625. The van der Waals surface area contributed by atoms with Crippen LogP contribution in [-0.2, 0) is 6.42 Å². The van der Waals surface area contributed by atoms with Crippen LogP contribution in [0.2, 0.25) is 0 Å². The lowest BCUT2D eigenvalue weighted by atomic mass is 10.0. The molecule has 100 valence electrons. The molecular formula is C16H26N2. The van der Waals surface area contributed by atoms with Crippen LogP contribution in [0.15, 0.2) is 24.3 Å². The number of hydrogen-bond acceptors (Lipinski definition) is 2. The van der Waals surface area contributed by atoms with Crippen molar-refractivity contribution in [1.29, 1.82) is 0 Å². The highest BCUT2D eigenvalue weighted by Gasteiger charge is 2.32. The van der Waals surface area contributed by atoms with Crippen molar-refractivity contribution in [1.82, 2.24) is 10.2 Å². The molecule has 1 saturated heterocycles. The quantitative estimate of drug-likeness (QED) is 0.878. The zero-order valence-electron chi connectivity index (χ0n) is 12.2. The molecule has 0 aromatic heterocycles. The van der Waals surface area contributed by atoms with Gasteiger partial charge in [-0.2, -0.15) is 0 Å². The zero-order chi connectivity index (χ0) is 13.2. The van der Waals surface area contributed by atoms with Crippen molar-refractivity contribution in [3.63, 3.8) is 0 Å². The summed E-state index contributed by atoms with van der Waals surface area (Å²) >= 11 is 0. The Morgan fingerprint density at radius 2 is 1.94 bits per heavy atom. The van der Waals surface area contributed by atoms with Gasteiger partial charge < -0.3 is 10.2 Å². The minimum absolute atomic E-state index is 0.308. The maximum absolute atomic E-state index is 3.59. The predicted octanol–water partition coefficient (Wildman–Crippen LogP) is 2.61. The van der Waals surface area contributed by atoms with Crippen LogP contribution >= 0.6 is 0 Å². The van der Waals surface area contributed by atoms with Crippen LogP contribution in [0.4, 0.5) is 0 Å². The summed E-state index contributed by atoms with van der Waals surface area (Å²) in [6.07, 6.45) is 2.39. The van der Waals surface area contributed by atoms with E-state index < -0.39 is 0 Å². The Balaban J connectivity index is 1.82. The van der Waals surface area contributed by atoms with Crippen molar-refractivity contribution in [2.75, 3.05) is 20.1 Å². The first-order valence-electron chi connectivity index (χ1n) is 6.97. The van der Waals surface area contributed by atoms with Gasteiger partial charge >= 0.3 is 0 Å². The summed E-state index contributed by atoms with van der Waals surface area (Å²) in [7, 11) is 2.25. The van der Waals surface area contributed by atoms with Gasteiger partial charge in [0.05, 0.1) is 0 Å². The monoisotopic (exact) mass is 246 g/mol. The van der Waals surface area contributed by atoms with Gasteiger partial charge in [0.2, 0.25) is 0 Å². The SMILES string of the molecule is Cc1ccc(CCN(C)C2CNC(C)(C)C2)cc1. The molecule has 0 aliphatic carbocycles. The van der Waals surface area contributed by atoms with E-state index in [2.05, 4.69) is 62.3 Å². The molecule has 2 nitrogen and oxygen atoms in total. The summed E-state index contributed by atoms with van der Waals surface area (Å²) in [6.45, 7) is 8.99. The van der Waals surface area contributed by atoms with Gasteiger partial charge in [-0.1, -0.05) is 29.8 Å². The van der Waals surface area contributed by atoms with Crippen molar-refractivity contribution in [2.24, 2.45) is 0 Å². The second kappa shape index (κ2) is 5.41. The highest BCUT2D eigenvalue weighted by molar-refractivity contribution is 5.21. The van der Waals surface area contributed by atoms with Gasteiger partial charge in [-0.3, -0.25) is 0 Å².